The Balaban J connectivity index is 2.15. The molecule has 1 N–H and O–H groups in total. The molecule has 0 aliphatic carbocycles. The Morgan fingerprint density at radius 3 is 2.40 bits per heavy atom. The summed E-state index contributed by atoms with van der Waals surface area (Å²) in [5.74, 6) is -0.236. The second-order valence-corrected chi connectivity index (χ2v) is 5.63. The van der Waals surface area contributed by atoms with Crippen LogP contribution in [0.25, 0.3) is 0 Å². The molecule has 1 heterocycles. The van der Waals surface area contributed by atoms with Crippen LogP contribution in [0.5, 0.6) is 0 Å². The Labute approximate surface area is 121 Å². The summed E-state index contributed by atoms with van der Waals surface area (Å²) in [5.41, 5.74) is 1.26. The van der Waals surface area contributed by atoms with Crippen molar-refractivity contribution in [1.29, 1.82) is 0 Å². The van der Waals surface area contributed by atoms with Gasteiger partial charge in [0.2, 0.25) is 0 Å². The molecule has 1 fully saturated rings. The zero-order chi connectivity index (χ0) is 14.7. The number of benzene rings is 1. The van der Waals surface area contributed by atoms with E-state index in [1.165, 1.54) is 6.07 Å². The molecule has 1 aromatic rings. The predicted octanol–water partition coefficient (Wildman–Crippen LogP) is 2.80. The van der Waals surface area contributed by atoms with Gasteiger partial charge in [0.1, 0.15) is 5.82 Å². The van der Waals surface area contributed by atoms with Crippen molar-refractivity contribution < 1.29 is 9.50 Å². The Morgan fingerprint density at radius 1 is 1.20 bits per heavy atom. The van der Waals surface area contributed by atoms with Crippen LogP contribution >= 0.6 is 0 Å². The van der Waals surface area contributed by atoms with Crippen LogP contribution in [0, 0.1) is 5.82 Å². The van der Waals surface area contributed by atoms with Gasteiger partial charge in [-0.2, -0.15) is 0 Å². The fourth-order valence-corrected chi connectivity index (χ4v) is 2.85. The average Bonchev–Trinajstić information content (AvgIpc) is 2.46. The zero-order valence-electron chi connectivity index (χ0n) is 12.6. The fourth-order valence-electron chi connectivity index (χ4n) is 2.85. The number of rotatable bonds is 4. The van der Waals surface area contributed by atoms with Gasteiger partial charge < -0.3 is 10.0 Å². The molecule has 20 heavy (non-hydrogen) atoms. The van der Waals surface area contributed by atoms with Crippen molar-refractivity contribution in [2.75, 3.05) is 31.1 Å². The molecule has 1 aliphatic heterocycles. The van der Waals surface area contributed by atoms with Crippen molar-refractivity contribution in [3.8, 4) is 0 Å². The molecule has 1 unspecified atom stereocenters. The molecule has 0 saturated carbocycles. The van der Waals surface area contributed by atoms with Gasteiger partial charge >= 0.3 is 0 Å². The molecule has 0 radical (unpaired) electrons. The average molecular weight is 280 g/mol. The summed E-state index contributed by atoms with van der Waals surface area (Å²) in [6, 6.07) is 5.52. The molecular weight excluding hydrogens is 255 g/mol. The highest BCUT2D eigenvalue weighted by Gasteiger charge is 2.24. The zero-order valence-corrected chi connectivity index (χ0v) is 12.6. The lowest BCUT2D eigenvalue weighted by atomic mass is 10.1. The number of halogens is 1. The van der Waals surface area contributed by atoms with Gasteiger partial charge in [0.15, 0.2) is 0 Å². The van der Waals surface area contributed by atoms with Gasteiger partial charge in [-0.05, 0) is 26.3 Å². The van der Waals surface area contributed by atoms with Crippen LogP contribution in [-0.4, -0.2) is 42.2 Å². The van der Waals surface area contributed by atoms with Crippen LogP contribution in [0.1, 0.15) is 38.9 Å². The van der Waals surface area contributed by atoms with E-state index in [4.69, 9.17) is 0 Å². The van der Waals surface area contributed by atoms with Gasteiger partial charge in [0, 0.05) is 37.8 Å². The molecule has 0 amide bonds. The maximum atomic E-state index is 14.2. The van der Waals surface area contributed by atoms with Crippen LogP contribution in [0.15, 0.2) is 18.2 Å². The third-order valence-electron chi connectivity index (χ3n) is 4.31. The normalized spacial score (nSPS) is 19.9. The van der Waals surface area contributed by atoms with Gasteiger partial charge in [-0.1, -0.05) is 19.1 Å². The first-order valence-corrected chi connectivity index (χ1v) is 7.50. The maximum Gasteiger partial charge on any atom is 0.146 e. The van der Waals surface area contributed by atoms with E-state index in [2.05, 4.69) is 23.6 Å². The Hall–Kier alpha value is -1.13. The first kappa shape index (κ1) is 15.3. The summed E-state index contributed by atoms with van der Waals surface area (Å²) in [4.78, 5) is 4.51. The van der Waals surface area contributed by atoms with E-state index in [0.717, 1.165) is 32.6 Å². The van der Waals surface area contributed by atoms with Gasteiger partial charge in [0.25, 0.3) is 0 Å². The van der Waals surface area contributed by atoms with E-state index in [-0.39, 0.29) is 5.82 Å². The maximum absolute atomic E-state index is 14.2. The molecule has 2 rings (SSSR count). The van der Waals surface area contributed by atoms with Crippen molar-refractivity contribution in [2.45, 2.75) is 39.3 Å². The predicted molar refractivity (Wildman–Crippen MR) is 80.6 cm³/mol. The molecule has 3 nitrogen and oxygen atoms in total. The molecule has 2 atom stereocenters. The molecule has 0 bridgehead atoms. The second kappa shape index (κ2) is 6.55. The van der Waals surface area contributed by atoms with Gasteiger partial charge in [-0.25, -0.2) is 4.39 Å². The van der Waals surface area contributed by atoms with Gasteiger partial charge in [-0.3, -0.25) is 4.90 Å². The van der Waals surface area contributed by atoms with Crippen LogP contribution < -0.4 is 4.90 Å². The van der Waals surface area contributed by atoms with Crippen LogP contribution in [0.3, 0.4) is 0 Å². The number of anilines is 1. The number of aliphatic hydroxyl groups excluding tert-OH is 1. The molecule has 0 spiro atoms. The fraction of sp³-hybridized carbons (Fsp3) is 0.625. The van der Waals surface area contributed by atoms with Crippen LogP contribution in [-0.2, 0) is 0 Å². The summed E-state index contributed by atoms with van der Waals surface area (Å²) in [7, 11) is 0. The number of aliphatic hydroxyl groups is 1. The lowest BCUT2D eigenvalue weighted by molar-refractivity contribution is 0.188. The largest absolute Gasteiger partial charge is 0.389 e. The molecule has 1 aliphatic rings. The first-order chi connectivity index (χ1) is 9.54. The van der Waals surface area contributed by atoms with Crippen LogP contribution in [0.4, 0.5) is 10.1 Å². The van der Waals surface area contributed by atoms with E-state index in [1.807, 2.05) is 6.07 Å². The molecule has 4 heteroatoms. The molecule has 0 aromatic heterocycles. The number of para-hydroxylation sites is 1. The van der Waals surface area contributed by atoms with E-state index < -0.39 is 6.10 Å². The topological polar surface area (TPSA) is 26.7 Å². The molecule has 1 saturated heterocycles. The molecular formula is C16H25FN2O. The van der Waals surface area contributed by atoms with E-state index in [9.17, 15) is 9.50 Å². The van der Waals surface area contributed by atoms with Crippen molar-refractivity contribution in [3.63, 3.8) is 0 Å². The monoisotopic (exact) mass is 280 g/mol. The van der Waals surface area contributed by atoms with Crippen molar-refractivity contribution in [2.24, 2.45) is 0 Å². The highest BCUT2D eigenvalue weighted by molar-refractivity contribution is 5.56. The minimum absolute atomic E-state index is 0.236. The number of nitrogens with zero attached hydrogens (tertiary/aromatic N) is 2. The number of hydrogen-bond acceptors (Lipinski definition) is 3. The van der Waals surface area contributed by atoms with E-state index >= 15 is 0 Å². The van der Waals surface area contributed by atoms with Crippen molar-refractivity contribution in [3.05, 3.63) is 29.6 Å². The van der Waals surface area contributed by atoms with Crippen molar-refractivity contribution >= 4 is 5.69 Å². The third-order valence-corrected chi connectivity index (χ3v) is 4.31. The summed E-state index contributed by atoms with van der Waals surface area (Å²) >= 11 is 0. The molecule has 1 aromatic carbocycles. The van der Waals surface area contributed by atoms with Crippen molar-refractivity contribution in [1.82, 2.24) is 4.90 Å². The molecule has 112 valence electrons. The van der Waals surface area contributed by atoms with E-state index in [1.54, 1.807) is 13.0 Å². The minimum Gasteiger partial charge on any atom is -0.389 e. The minimum atomic E-state index is -0.645. The first-order valence-electron chi connectivity index (χ1n) is 7.50. The Bertz CT molecular complexity index is 442. The van der Waals surface area contributed by atoms with E-state index in [0.29, 0.717) is 17.3 Å². The number of hydrogen-bond donors (Lipinski definition) is 1. The Kier molecular flexibility index (Phi) is 5.00. The van der Waals surface area contributed by atoms with Gasteiger partial charge in [-0.15, -0.1) is 0 Å². The lowest BCUT2D eigenvalue weighted by Gasteiger charge is -2.39. The smallest absolute Gasteiger partial charge is 0.146 e. The highest BCUT2D eigenvalue weighted by atomic mass is 19.1. The Morgan fingerprint density at radius 2 is 1.85 bits per heavy atom. The quantitative estimate of drug-likeness (QED) is 0.918. The third kappa shape index (κ3) is 3.13. The summed E-state index contributed by atoms with van der Waals surface area (Å²) in [6.45, 7) is 9.63. The SMILES string of the molecule is CCC(C)N1CCN(c2c(F)cccc2[C@H](C)O)CC1. The standard InChI is InChI=1S/C16H25FN2O/c1-4-12(2)18-8-10-19(11-9-18)16-14(13(3)20)6-5-7-15(16)17/h5-7,12-13,20H,4,8-11H2,1-3H3/t12?,13-/m0/s1. The highest BCUT2D eigenvalue weighted by Crippen LogP contribution is 2.30. The summed E-state index contributed by atoms with van der Waals surface area (Å²) < 4.78 is 14.2. The van der Waals surface area contributed by atoms with Gasteiger partial charge in [0.05, 0.1) is 11.8 Å². The number of piperazine rings is 1. The summed E-state index contributed by atoms with van der Waals surface area (Å²) in [5, 5.41) is 9.83. The van der Waals surface area contributed by atoms with Crippen LogP contribution in [0.2, 0.25) is 0 Å². The lowest BCUT2D eigenvalue weighted by Crippen LogP contribution is -2.50. The second-order valence-electron chi connectivity index (χ2n) is 5.63. The summed E-state index contributed by atoms with van der Waals surface area (Å²) in [6.07, 6.45) is 0.492.